The van der Waals surface area contributed by atoms with E-state index in [1.807, 2.05) is 32.0 Å². The summed E-state index contributed by atoms with van der Waals surface area (Å²) in [4.78, 5) is 11.9. The number of nitrogens with one attached hydrogen (secondary N) is 2. The van der Waals surface area contributed by atoms with Gasteiger partial charge in [-0.2, -0.15) is 0 Å². The predicted octanol–water partition coefficient (Wildman–Crippen LogP) is 2.66. The summed E-state index contributed by atoms with van der Waals surface area (Å²) in [6.45, 7) is 4.76. The molecule has 5 nitrogen and oxygen atoms in total. The Labute approximate surface area is 131 Å². The van der Waals surface area contributed by atoms with Gasteiger partial charge in [0.25, 0.3) is 5.91 Å². The van der Waals surface area contributed by atoms with Crippen LogP contribution >= 0.6 is 0 Å². The Balaban J connectivity index is 1.83. The highest BCUT2D eigenvalue weighted by Crippen LogP contribution is 2.04. The number of benzene rings is 1. The summed E-state index contributed by atoms with van der Waals surface area (Å²) in [5.74, 6) is 0.494. The maximum absolute atomic E-state index is 11.9. The van der Waals surface area contributed by atoms with E-state index in [1.54, 1.807) is 12.1 Å². The summed E-state index contributed by atoms with van der Waals surface area (Å²) < 4.78 is 0. The van der Waals surface area contributed by atoms with Crippen LogP contribution in [-0.4, -0.2) is 28.7 Å². The van der Waals surface area contributed by atoms with Crippen molar-refractivity contribution < 1.29 is 4.79 Å². The lowest BCUT2D eigenvalue weighted by atomic mass is 10.1. The van der Waals surface area contributed by atoms with Crippen molar-refractivity contribution in [2.24, 2.45) is 0 Å². The standard InChI is InChI=1S/C17H22N4O/c1-3-13(2)19-17(22)15-9-10-16(21-20-15)18-12-11-14-7-5-4-6-8-14/h4-10,13H,3,11-12H2,1-2H3,(H,18,21)(H,19,22). The van der Waals surface area contributed by atoms with Gasteiger partial charge in [-0.1, -0.05) is 37.3 Å². The number of nitrogens with zero attached hydrogens (tertiary/aromatic N) is 2. The second-order valence-corrected chi connectivity index (χ2v) is 5.25. The van der Waals surface area contributed by atoms with E-state index in [1.165, 1.54) is 5.56 Å². The second-order valence-electron chi connectivity index (χ2n) is 5.25. The molecule has 2 aromatic rings. The lowest BCUT2D eigenvalue weighted by molar-refractivity contribution is 0.0933. The minimum Gasteiger partial charge on any atom is -0.368 e. The summed E-state index contributed by atoms with van der Waals surface area (Å²) in [6.07, 6.45) is 1.80. The Bertz CT molecular complexity index is 583. The number of carbonyl (C=O) groups is 1. The first-order valence-electron chi connectivity index (χ1n) is 7.61. The van der Waals surface area contributed by atoms with Crippen molar-refractivity contribution in [2.75, 3.05) is 11.9 Å². The van der Waals surface area contributed by atoms with Crippen molar-refractivity contribution in [1.82, 2.24) is 15.5 Å². The molecule has 0 fully saturated rings. The van der Waals surface area contributed by atoms with Gasteiger partial charge in [0.05, 0.1) is 0 Å². The van der Waals surface area contributed by atoms with Crippen LogP contribution in [0.25, 0.3) is 0 Å². The van der Waals surface area contributed by atoms with Crippen LogP contribution in [0.2, 0.25) is 0 Å². The van der Waals surface area contributed by atoms with E-state index in [9.17, 15) is 4.79 Å². The van der Waals surface area contributed by atoms with Gasteiger partial charge in [-0.15, -0.1) is 10.2 Å². The van der Waals surface area contributed by atoms with E-state index in [2.05, 4.69) is 33.0 Å². The average Bonchev–Trinajstić information content (AvgIpc) is 2.56. The monoisotopic (exact) mass is 298 g/mol. The van der Waals surface area contributed by atoms with E-state index in [-0.39, 0.29) is 11.9 Å². The predicted molar refractivity (Wildman–Crippen MR) is 87.9 cm³/mol. The molecule has 0 aliphatic carbocycles. The van der Waals surface area contributed by atoms with Gasteiger partial charge in [0.1, 0.15) is 5.82 Å². The van der Waals surface area contributed by atoms with Crippen molar-refractivity contribution in [3.63, 3.8) is 0 Å². The molecule has 2 N–H and O–H groups in total. The van der Waals surface area contributed by atoms with E-state index in [4.69, 9.17) is 0 Å². The lowest BCUT2D eigenvalue weighted by Gasteiger charge is -2.10. The summed E-state index contributed by atoms with van der Waals surface area (Å²) in [7, 11) is 0. The van der Waals surface area contributed by atoms with Crippen LogP contribution in [0.4, 0.5) is 5.82 Å². The van der Waals surface area contributed by atoms with Gasteiger partial charge in [0, 0.05) is 12.6 Å². The molecule has 22 heavy (non-hydrogen) atoms. The minimum atomic E-state index is -0.183. The van der Waals surface area contributed by atoms with E-state index in [0.29, 0.717) is 11.5 Å². The Morgan fingerprint density at radius 3 is 2.55 bits per heavy atom. The number of amides is 1. The third kappa shape index (κ3) is 4.84. The average molecular weight is 298 g/mol. The maximum Gasteiger partial charge on any atom is 0.272 e. The molecule has 0 bridgehead atoms. The van der Waals surface area contributed by atoms with Crippen LogP contribution in [-0.2, 0) is 6.42 Å². The number of hydrogen-bond donors (Lipinski definition) is 2. The third-order valence-electron chi connectivity index (χ3n) is 3.45. The van der Waals surface area contributed by atoms with Gasteiger partial charge in [-0.25, -0.2) is 0 Å². The first kappa shape index (κ1) is 15.9. The van der Waals surface area contributed by atoms with E-state index >= 15 is 0 Å². The summed E-state index contributed by atoms with van der Waals surface area (Å²) in [5.41, 5.74) is 1.61. The number of rotatable bonds is 7. The lowest BCUT2D eigenvalue weighted by Crippen LogP contribution is -2.32. The number of anilines is 1. The highest BCUT2D eigenvalue weighted by Gasteiger charge is 2.10. The quantitative estimate of drug-likeness (QED) is 0.824. The molecule has 0 radical (unpaired) electrons. The molecule has 2 rings (SSSR count). The molecule has 0 aliphatic heterocycles. The number of carbonyl (C=O) groups excluding carboxylic acids is 1. The van der Waals surface area contributed by atoms with Crippen molar-refractivity contribution in [3.8, 4) is 0 Å². The van der Waals surface area contributed by atoms with Crippen LogP contribution in [0.15, 0.2) is 42.5 Å². The van der Waals surface area contributed by atoms with Gasteiger partial charge >= 0.3 is 0 Å². The van der Waals surface area contributed by atoms with Crippen molar-refractivity contribution in [1.29, 1.82) is 0 Å². The topological polar surface area (TPSA) is 66.9 Å². The number of aromatic nitrogens is 2. The molecule has 116 valence electrons. The normalized spacial score (nSPS) is 11.7. The highest BCUT2D eigenvalue weighted by atomic mass is 16.2. The highest BCUT2D eigenvalue weighted by molar-refractivity contribution is 5.92. The van der Waals surface area contributed by atoms with Crippen molar-refractivity contribution in [2.45, 2.75) is 32.7 Å². The van der Waals surface area contributed by atoms with E-state index < -0.39 is 0 Å². The summed E-state index contributed by atoms with van der Waals surface area (Å²) in [6, 6.07) is 13.9. The minimum absolute atomic E-state index is 0.137. The van der Waals surface area contributed by atoms with Gasteiger partial charge in [0.2, 0.25) is 0 Å². The van der Waals surface area contributed by atoms with Crippen LogP contribution < -0.4 is 10.6 Å². The zero-order valence-electron chi connectivity index (χ0n) is 13.0. The first-order valence-corrected chi connectivity index (χ1v) is 7.61. The molecule has 1 heterocycles. The molecule has 1 aromatic carbocycles. The molecular formula is C17H22N4O. The third-order valence-corrected chi connectivity index (χ3v) is 3.45. The summed E-state index contributed by atoms with van der Waals surface area (Å²) in [5, 5.41) is 14.1. The van der Waals surface area contributed by atoms with Gasteiger partial charge < -0.3 is 10.6 Å². The van der Waals surface area contributed by atoms with Gasteiger partial charge in [-0.05, 0) is 37.5 Å². The molecule has 0 saturated carbocycles. The van der Waals surface area contributed by atoms with Gasteiger partial charge in [0.15, 0.2) is 5.69 Å². The molecule has 0 spiro atoms. The summed E-state index contributed by atoms with van der Waals surface area (Å²) >= 11 is 0. The molecule has 0 aliphatic rings. The Hall–Kier alpha value is -2.43. The zero-order chi connectivity index (χ0) is 15.8. The largest absolute Gasteiger partial charge is 0.368 e. The molecule has 1 unspecified atom stereocenters. The molecule has 5 heteroatoms. The SMILES string of the molecule is CCC(C)NC(=O)c1ccc(NCCc2ccccc2)nn1. The van der Waals surface area contributed by atoms with Gasteiger partial charge in [-0.3, -0.25) is 4.79 Å². The fraction of sp³-hybridized carbons (Fsp3) is 0.353. The zero-order valence-corrected chi connectivity index (χ0v) is 13.0. The Morgan fingerprint density at radius 1 is 1.14 bits per heavy atom. The molecule has 1 atom stereocenters. The molecular weight excluding hydrogens is 276 g/mol. The first-order chi connectivity index (χ1) is 10.7. The number of hydrogen-bond acceptors (Lipinski definition) is 4. The van der Waals surface area contributed by atoms with Crippen LogP contribution in [0.5, 0.6) is 0 Å². The molecule has 1 amide bonds. The smallest absolute Gasteiger partial charge is 0.272 e. The maximum atomic E-state index is 11.9. The van der Waals surface area contributed by atoms with Crippen molar-refractivity contribution in [3.05, 3.63) is 53.7 Å². The Morgan fingerprint density at radius 2 is 1.91 bits per heavy atom. The van der Waals surface area contributed by atoms with Crippen LogP contribution in [0, 0.1) is 0 Å². The Kier molecular flexibility index (Phi) is 5.89. The fourth-order valence-electron chi connectivity index (χ4n) is 1.93. The molecule has 0 saturated heterocycles. The van der Waals surface area contributed by atoms with Crippen molar-refractivity contribution >= 4 is 11.7 Å². The second kappa shape index (κ2) is 8.12. The van der Waals surface area contributed by atoms with E-state index in [0.717, 1.165) is 19.4 Å². The molecule has 1 aromatic heterocycles. The van der Waals surface area contributed by atoms with Crippen LogP contribution in [0.1, 0.15) is 36.3 Å². The fourth-order valence-corrected chi connectivity index (χ4v) is 1.93. The van der Waals surface area contributed by atoms with Crippen LogP contribution in [0.3, 0.4) is 0 Å².